The Morgan fingerprint density at radius 2 is 1.72 bits per heavy atom. The molecule has 3 aromatic rings. The minimum absolute atomic E-state index is 0.298. The number of hydrogen-bond donors (Lipinski definition) is 2. The Morgan fingerprint density at radius 1 is 1.03 bits per heavy atom. The largest absolute Gasteiger partial charge is 0.452 e. The van der Waals surface area contributed by atoms with Crippen LogP contribution in [-0.4, -0.2) is 35.0 Å². The molecule has 1 aliphatic carbocycles. The summed E-state index contributed by atoms with van der Waals surface area (Å²) < 4.78 is 5.41. The van der Waals surface area contributed by atoms with E-state index >= 15 is 0 Å². The number of benzene rings is 2. The minimum atomic E-state index is -0.699. The summed E-state index contributed by atoms with van der Waals surface area (Å²) in [6.07, 6.45) is 3.63. The molecule has 1 atom stereocenters. The molecule has 0 saturated heterocycles. The highest BCUT2D eigenvalue weighted by molar-refractivity contribution is 6.07. The predicted molar refractivity (Wildman–Crippen MR) is 140 cm³/mol. The molecule has 2 N–H and O–H groups in total. The molecular formula is C29H31N3O4. The Kier molecular flexibility index (Phi) is 7.20. The lowest BCUT2D eigenvalue weighted by atomic mass is 9.80. The van der Waals surface area contributed by atoms with E-state index in [1.54, 1.807) is 20.8 Å². The highest BCUT2D eigenvalue weighted by Crippen LogP contribution is 2.38. The second-order valence-corrected chi connectivity index (χ2v) is 10.3. The zero-order valence-corrected chi connectivity index (χ0v) is 21.1. The number of carbonyl (C=O) groups is 3. The number of nitrogens with one attached hydrogen (secondary N) is 2. The number of esters is 1. The normalized spacial score (nSPS) is 16.3. The molecule has 4 rings (SSSR count). The van der Waals surface area contributed by atoms with Gasteiger partial charge in [0.1, 0.15) is 0 Å². The second kappa shape index (κ2) is 10.3. The molecule has 186 valence electrons. The van der Waals surface area contributed by atoms with E-state index in [2.05, 4.69) is 23.6 Å². The van der Waals surface area contributed by atoms with E-state index in [-0.39, 0.29) is 0 Å². The molecule has 1 unspecified atom stereocenters. The zero-order chi connectivity index (χ0) is 25.9. The van der Waals surface area contributed by atoms with E-state index in [1.165, 1.54) is 0 Å². The number of para-hydroxylation sites is 1. The van der Waals surface area contributed by atoms with Crippen molar-refractivity contribution < 1.29 is 19.1 Å². The van der Waals surface area contributed by atoms with Gasteiger partial charge in [0, 0.05) is 10.9 Å². The maximum Gasteiger partial charge on any atom is 0.339 e. The van der Waals surface area contributed by atoms with Crippen molar-refractivity contribution in [3.8, 4) is 0 Å². The van der Waals surface area contributed by atoms with Crippen LogP contribution in [0.3, 0.4) is 0 Å². The molecule has 0 fully saturated rings. The Bertz CT molecular complexity index is 1340. The summed E-state index contributed by atoms with van der Waals surface area (Å²) in [6.45, 7) is 6.99. The number of imide groups is 1. The van der Waals surface area contributed by atoms with Crippen molar-refractivity contribution in [2.75, 3.05) is 6.61 Å². The number of amides is 3. The van der Waals surface area contributed by atoms with Gasteiger partial charge in [-0.15, -0.1) is 0 Å². The summed E-state index contributed by atoms with van der Waals surface area (Å²) in [4.78, 5) is 42.5. The highest BCUT2D eigenvalue weighted by atomic mass is 16.5. The number of fused-ring (bicyclic) bond motifs is 2. The summed E-state index contributed by atoms with van der Waals surface area (Å²) in [5.41, 5.74) is 4.35. The van der Waals surface area contributed by atoms with Crippen LogP contribution >= 0.6 is 0 Å². The molecule has 2 aromatic carbocycles. The maximum absolute atomic E-state index is 13.4. The van der Waals surface area contributed by atoms with Gasteiger partial charge in [0.25, 0.3) is 5.91 Å². The Labute approximate surface area is 211 Å². The second-order valence-electron chi connectivity index (χ2n) is 10.3. The molecule has 3 amide bonds. The highest BCUT2D eigenvalue weighted by Gasteiger charge is 2.29. The first-order valence-electron chi connectivity index (χ1n) is 12.1. The summed E-state index contributed by atoms with van der Waals surface area (Å²) in [6, 6.07) is 16.8. The van der Waals surface area contributed by atoms with Gasteiger partial charge in [-0.05, 0) is 68.4 Å². The van der Waals surface area contributed by atoms with E-state index in [1.807, 2.05) is 54.6 Å². The molecule has 0 radical (unpaired) electrons. The first-order chi connectivity index (χ1) is 17.1. The van der Waals surface area contributed by atoms with Crippen LogP contribution in [0.5, 0.6) is 0 Å². The van der Waals surface area contributed by atoms with Crippen LogP contribution in [0.1, 0.15) is 61.3 Å². The number of allylic oxidation sites excluding steroid dienone is 1. The van der Waals surface area contributed by atoms with Crippen molar-refractivity contribution >= 4 is 40.5 Å². The fourth-order valence-electron chi connectivity index (χ4n) is 4.46. The van der Waals surface area contributed by atoms with Crippen molar-refractivity contribution in [3.63, 3.8) is 0 Å². The lowest BCUT2D eigenvalue weighted by Gasteiger charge is -2.26. The zero-order valence-electron chi connectivity index (χ0n) is 21.1. The average Bonchev–Trinajstić information content (AvgIpc) is 2.80. The predicted octanol–water partition coefficient (Wildman–Crippen LogP) is 5.14. The summed E-state index contributed by atoms with van der Waals surface area (Å²) in [5, 5.41) is 5.52. The standard InChI is InChI=1S/C29H31N3O4/c1-18-14-20(16-19-10-6-5-7-11-19)26-22(15-18)25(21-12-8-9-13-23(21)30-26)27(34)36-17-24(33)31-28(35)32-29(2,3)4/h5-13,16,18H,14-15,17H2,1-4H3,(H2,31,32,33,35). The van der Waals surface area contributed by atoms with Crippen molar-refractivity contribution in [2.24, 2.45) is 5.92 Å². The molecule has 0 aliphatic heterocycles. The van der Waals surface area contributed by atoms with E-state index < -0.39 is 30.1 Å². The summed E-state index contributed by atoms with van der Waals surface area (Å²) in [5.74, 6) is -1.01. The van der Waals surface area contributed by atoms with E-state index in [0.29, 0.717) is 28.8 Å². The van der Waals surface area contributed by atoms with Crippen LogP contribution < -0.4 is 10.6 Å². The van der Waals surface area contributed by atoms with Gasteiger partial charge >= 0.3 is 12.0 Å². The van der Waals surface area contributed by atoms with Gasteiger partial charge in [-0.2, -0.15) is 0 Å². The fourth-order valence-corrected chi connectivity index (χ4v) is 4.46. The third-order valence-corrected chi connectivity index (χ3v) is 5.84. The van der Waals surface area contributed by atoms with Gasteiger partial charge in [-0.1, -0.05) is 55.5 Å². The number of hydrogen-bond acceptors (Lipinski definition) is 5. The third kappa shape index (κ3) is 5.97. The molecule has 1 aliphatic rings. The quantitative estimate of drug-likeness (QED) is 0.499. The lowest BCUT2D eigenvalue weighted by Crippen LogP contribution is -2.49. The maximum atomic E-state index is 13.4. The minimum Gasteiger partial charge on any atom is -0.452 e. The van der Waals surface area contributed by atoms with Crippen LogP contribution in [0.15, 0.2) is 54.6 Å². The molecule has 7 heteroatoms. The first kappa shape index (κ1) is 25.1. The molecule has 7 nitrogen and oxygen atoms in total. The van der Waals surface area contributed by atoms with Crippen molar-refractivity contribution in [1.82, 2.24) is 15.6 Å². The molecule has 0 spiro atoms. The number of ether oxygens (including phenoxy) is 1. The van der Waals surface area contributed by atoms with E-state index in [9.17, 15) is 14.4 Å². The Balaban J connectivity index is 1.66. The number of aromatic nitrogens is 1. The Morgan fingerprint density at radius 3 is 2.44 bits per heavy atom. The SMILES string of the molecule is CC1CC(=Cc2ccccc2)c2nc3ccccc3c(C(=O)OCC(=O)NC(=O)NC(C)(C)C)c2C1. The van der Waals surface area contributed by atoms with Gasteiger partial charge in [-0.25, -0.2) is 14.6 Å². The molecular weight excluding hydrogens is 454 g/mol. The smallest absolute Gasteiger partial charge is 0.339 e. The van der Waals surface area contributed by atoms with Gasteiger partial charge in [0.15, 0.2) is 6.61 Å². The van der Waals surface area contributed by atoms with Crippen LogP contribution in [0.4, 0.5) is 4.79 Å². The van der Waals surface area contributed by atoms with E-state index in [0.717, 1.165) is 28.8 Å². The molecule has 1 aromatic heterocycles. The number of carbonyl (C=O) groups excluding carboxylic acids is 3. The number of nitrogens with zero attached hydrogens (tertiary/aromatic N) is 1. The van der Waals surface area contributed by atoms with Crippen LogP contribution in [0.2, 0.25) is 0 Å². The molecule has 0 saturated carbocycles. The number of pyridine rings is 1. The first-order valence-corrected chi connectivity index (χ1v) is 12.1. The van der Waals surface area contributed by atoms with Gasteiger partial charge in [0.05, 0.1) is 16.8 Å². The van der Waals surface area contributed by atoms with Crippen molar-refractivity contribution in [1.29, 1.82) is 0 Å². The summed E-state index contributed by atoms with van der Waals surface area (Å²) in [7, 11) is 0. The van der Waals surface area contributed by atoms with Gasteiger partial charge < -0.3 is 10.1 Å². The van der Waals surface area contributed by atoms with Crippen LogP contribution in [-0.2, 0) is 16.0 Å². The topological polar surface area (TPSA) is 97.4 Å². The molecule has 0 bridgehead atoms. The number of rotatable bonds is 4. The average molecular weight is 486 g/mol. The van der Waals surface area contributed by atoms with E-state index in [4.69, 9.17) is 9.72 Å². The summed E-state index contributed by atoms with van der Waals surface area (Å²) >= 11 is 0. The molecule has 1 heterocycles. The van der Waals surface area contributed by atoms with Crippen LogP contribution in [0, 0.1) is 5.92 Å². The number of urea groups is 1. The van der Waals surface area contributed by atoms with Gasteiger partial charge in [-0.3, -0.25) is 10.1 Å². The molecule has 36 heavy (non-hydrogen) atoms. The van der Waals surface area contributed by atoms with Crippen molar-refractivity contribution in [3.05, 3.63) is 77.0 Å². The Hall–Kier alpha value is -4.00. The van der Waals surface area contributed by atoms with Crippen molar-refractivity contribution in [2.45, 2.75) is 46.1 Å². The van der Waals surface area contributed by atoms with Crippen LogP contribution in [0.25, 0.3) is 22.6 Å². The monoisotopic (exact) mass is 485 g/mol. The lowest BCUT2D eigenvalue weighted by molar-refractivity contribution is -0.123. The van der Waals surface area contributed by atoms with Gasteiger partial charge in [0.2, 0.25) is 0 Å². The third-order valence-electron chi connectivity index (χ3n) is 5.84. The fraction of sp³-hybridized carbons (Fsp3) is 0.310.